The molecule has 154 valence electrons. The van der Waals surface area contributed by atoms with Crippen molar-refractivity contribution in [2.24, 2.45) is 0 Å². The second kappa shape index (κ2) is 9.23. The molecule has 1 amide bonds. The van der Waals surface area contributed by atoms with E-state index in [1.54, 1.807) is 0 Å². The van der Waals surface area contributed by atoms with Crippen molar-refractivity contribution in [1.29, 1.82) is 5.26 Å². The lowest BCUT2D eigenvalue weighted by Crippen LogP contribution is -2.40. The second-order valence-electron chi connectivity index (χ2n) is 5.96. The molecule has 29 heavy (non-hydrogen) atoms. The molecule has 3 N–H and O–H groups in total. The Balaban J connectivity index is 1.65. The van der Waals surface area contributed by atoms with Crippen LogP contribution >= 0.6 is 11.8 Å². The van der Waals surface area contributed by atoms with Gasteiger partial charge in [-0.15, -0.1) is 10.2 Å². The van der Waals surface area contributed by atoms with Gasteiger partial charge in [0.15, 0.2) is 5.16 Å². The smallest absolute Gasteiger partial charge is 0.244 e. The van der Waals surface area contributed by atoms with Crippen molar-refractivity contribution < 1.29 is 17.9 Å². The fraction of sp³-hybridized carbons (Fsp3) is 0.375. The zero-order chi connectivity index (χ0) is 20.9. The van der Waals surface area contributed by atoms with E-state index in [1.807, 2.05) is 6.07 Å². The van der Waals surface area contributed by atoms with Gasteiger partial charge in [-0.1, -0.05) is 11.8 Å². The third kappa shape index (κ3) is 5.04. The van der Waals surface area contributed by atoms with Crippen LogP contribution in [0.25, 0.3) is 0 Å². The minimum Gasteiger partial charge on any atom is -0.379 e. The Kier molecular flexibility index (Phi) is 6.70. The molecule has 1 aromatic heterocycles. The van der Waals surface area contributed by atoms with Crippen LogP contribution in [0.4, 0.5) is 11.6 Å². The van der Waals surface area contributed by atoms with Gasteiger partial charge >= 0.3 is 0 Å². The van der Waals surface area contributed by atoms with Gasteiger partial charge in [-0.2, -0.15) is 9.57 Å². The molecule has 0 bridgehead atoms. The molecule has 0 atom stereocenters. The van der Waals surface area contributed by atoms with Gasteiger partial charge in [0, 0.05) is 18.8 Å². The molecule has 2 heterocycles. The number of nitrogens with one attached hydrogen (secondary N) is 1. The number of nitrogens with zero attached hydrogens (tertiary/aromatic N) is 5. The predicted octanol–water partition coefficient (Wildman–Crippen LogP) is 0.136. The van der Waals surface area contributed by atoms with Gasteiger partial charge < -0.3 is 15.8 Å². The maximum Gasteiger partial charge on any atom is 0.244 e. The van der Waals surface area contributed by atoms with Gasteiger partial charge in [0.1, 0.15) is 6.54 Å². The maximum absolute atomic E-state index is 12.6. The summed E-state index contributed by atoms with van der Waals surface area (Å²) in [6.45, 7) is 1.23. The molecule has 1 aliphatic heterocycles. The first-order valence-electron chi connectivity index (χ1n) is 8.58. The number of hydrogen-bond acceptors (Lipinski definition) is 9. The summed E-state index contributed by atoms with van der Waals surface area (Å²) in [7, 11) is -3.59. The molecule has 1 fully saturated rings. The van der Waals surface area contributed by atoms with Crippen LogP contribution in [-0.2, 0) is 26.1 Å². The zero-order valence-corrected chi connectivity index (χ0v) is 16.9. The summed E-state index contributed by atoms with van der Waals surface area (Å²) < 4.78 is 33.2. The quantitative estimate of drug-likeness (QED) is 0.575. The number of morpholine rings is 1. The number of hydrogen-bond donors (Lipinski definition) is 2. The average Bonchev–Trinajstić information content (AvgIpc) is 3.07. The first kappa shape index (κ1) is 21.1. The molecule has 13 heteroatoms. The largest absolute Gasteiger partial charge is 0.379 e. The van der Waals surface area contributed by atoms with Crippen molar-refractivity contribution in [3.8, 4) is 6.07 Å². The van der Waals surface area contributed by atoms with Crippen molar-refractivity contribution in [3.63, 3.8) is 0 Å². The molecular formula is C16H19N7O4S2. The van der Waals surface area contributed by atoms with E-state index in [-0.39, 0.29) is 29.0 Å². The number of nitrogens with two attached hydrogens (primary N) is 1. The molecule has 11 nitrogen and oxygen atoms in total. The van der Waals surface area contributed by atoms with E-state index in [1.165, 1.54) is 33.1 Å². The number of nitrogen functional groups attached to an aromatic ring is 1. The van der Waals surface area contributed by atoms with E-state index in [9.17, 15) is 13.2 Å². The van der Waals surface area contributed by atoms with Crippen LogP contribution in [-0.4, -0.2) is 65.5 Å². The van der Waals surface area contributed by atoms with Crippen molar-refractivity contribution in [3.05, 3.63) is 24.3 Å². The van der Waals surface area contributed by atoms with Crippen molar-refractivity contribution in [2.45, 2.75) is 16.6 Å². The number of benzene rings is 1. The summed E-state index contributed by atoms with van der Waals surface area (Å²) in [4.78, 5) is 12.5. The van der Waals surface area contributed by atoms with Crippen molar-refractivity contribution in [2.75, 3.05) is 43.1 Å². The van der Waals surface area contributed by atoms with Crippen LogP contribution in [0.5, 0.6) is 0 Å². The van der Waals surface area contributed by atoms with Crippen LogP contribution < -0.4 is 11.1 Å². The fourth-order valence-corrected chi connectivity index (χ4v) is 4.66. The van der Waals surface area contributed by atoms with Gasteiger partial charge in [0.05, 0.1) is 29.9 Å². The lowest BCUT2D eigenvalue weighted by molar-refractivity contribution is -0.116. The van der Waals surface area contributed by atoms with E-state index < -0.39 is 10.0 Å². The number of carbonyl (C=O) groups excluding carboxylic acids is 1. The molecule has 3 rings (SSSR count). The van der Waals surface area contributed by atoms with Crippen LogP contribution in [0.1, 0.15) is 0 Å². The predicted molar refractivity (Wildman–Crippen MR) is 105 cm³/mol. The minimum absolute atomic E-state index is 0.0625. The Labute approximate surface area is 171 Å². The van der Waals surface area contributed by atoms with Gasteiger partial charge in [-0.25, -0.2) is 8.42 Å². The summed E-state index contributed by atoms with van der Waals surface area (Å²) in [5.41, 5.74) is 6.16. The third-order valence-electron chi connectivity index (χ3n) is 4.06. The minimum atomic E-state index is -3.59. The van der Waals surface area contributed by atoms with E-state index in [0.717, 1.165) is 11.8 Å². The average molecular weight is 438 g/mol. The van der Waals surface area contributed by atoms with Crippen LogP contribution in [0.15, 0.2) is 34.3 Å². The fourth-order valence-electron chi connectivity index (χ4n) is 2.64. The highest BCUT2D eigenvalue weighted by Gasteiger charge is 2.26. The van der Waals surface area contributed by atoms with E-state index in [4.69, 9.17) is 15.7 Å². The van der Waals surface area contributed by atoms with Gasteiger partial charge in [-0.05, 0) is 24.3 Å². The second-order valence-corrected chi connectivity index (χ2v) is 8.84. The highest BCUT2D eigenvalue weighted by Crippen LogP contribution is 2.20. The molecule has 0 spiro atoms. The maximum atomic E-state index is 12.6. The Morgan fingerprint density at radius 1 is 1.28 bits per heavy atom. The Bertz CT molecular complexity index is 1010. The number of sulfonamides is 1. The number of nitriles is 1. The monoisotopic (exact) mass is 437 g/mol. The summed E-state index contributed by atoms with van der Waals surface area (Å²) in [5, 5.41) is 19.3. The van der Waals surface area contributed by atoms with Crippen LogP contribution in [0.3, 0.4) is 0 Å². The normalized spacial score (nSPS) is 15.0. The van der Waals surface area contributed by atoms with E-state index in [2.05, 4.69) is 15.5 Å². The molecule has 0 unspecified atom stereocenters. The first-order valence-corrected chi connectivity index (χ1v) is 11.0. The van der Waals surface area contributed by atoms with Crippen molar-refractivity contribution in [1.82, 2.24) is 19.1 Å². The highest BCUT2D eigenvalue weighted by atomic mass is 32.2. The van der Waals surface area contributed by atoms with Gasteiger partial charge in [0.2, 0.25) is 21.9 Å². The molecule has 0 aliphatic carbocycles. The van der Waals surface area contributed by atoms with E-state index in [0.29, 0.717) is 37.1 Å². The lowest BCUT2D eigenvalue weighted by Gasteiger charge is -2.26. The summed E-state index contributed by atoms with van der Waals surface area (Å²) in [5.74, 6) is -0.176. The molecule has 2 aromatic rings. The van der Waals surface area contributed by atoms with Gasteiger partial charge in [0.25, 0.3) is 0 Å². The standard InChI is InChI=1S/C16H19N7O4S2/c17-5-10-28-16-21-20-15(18)23(16)11-14(24)19-12-1-3-13(4-2-12)29(25,26)22-6-8-27-9-7-22/h1-4H,6-11H2,(H2,18,20)(H,19,24). The molecule has 1 saturated heterocycles. The zero-order valence-electron chi connectivity index (χ0n) is 15.3. The van der Waals surface area contributed by atoms with Crippen molar-refractivity contribution >= 4 is 39.3 Å². The molecule has 0 saturated carbocycles. The number of amides is 1. The summed E-state index contributed by atoms with van der Waals surface area (Å²) in [6, 6.07) is 7.90. The number of rotatable bonds is 7. The Hall–Kier alpha value is -2.66. The Morgan fingerprint density at radius 2 is 1.97 bits per heavy atom. The number of anilines is 2. The first-order chi connectivity index (χ1) is 13.9. The SMILES string of the molecule is N#CCSc1nnc(N)n1CC(=O)Nc1ccc(S(=O)(=O)N2CCOCC2)cc1. The number of carbonyl (C=O) groups is 1. The molecule has 1 aromatic carbocycles. The third-order valence-corrected chi connectivity index (χ3v) is 6.81. The number of aromatic nitrogens is 3. The molecular weight excluding hydrogens is 418 g/mol. The summed E-state index contributed by atoms with van der Waals surface area (Å²) in [6.07, 6.45) is 0. The van der Waals surface area contributed by atoms with Gasteiger partial charge in [-0.3, -0.25) is 9.36 Å². The number of thioether (sulfide) groups is 1. The number of ether oxygens (including phenoxy) is 1. The van der Waals surface area contributed by atoms with Crippen LogP contribution in [0, 0.1) is 11.3 Å². The Morgan fingerprint density at radius 3 is 2.62 bits per heavy atom. The van der Waals surface area contributed by atoms with E-state index >= 15 is 0 Å². The lowest BCUT2D eigenvalue weighted by atomic mass is 10.3. The van der Waals surface area contributed by atoms with Crippen LogP contribution in [0.2, 0.25) is 0 Å². The highest BCUT2D eigenvalue weighted by molar-refractivity contribution is 7.99. The molecule has 1 aliphatic rings. The summed E-state index contributed by atoms with van der Waals surface area (Å²) >= 11 is 1.12. The topological polar surface area (TPSA) is 156 Å². The molecule has 0 radical (unpaired) electrons.